The van der Waals surface area contributed by atoms with Gasteiger partial charge in [0.15, 0.2) is 5.52 Å². The maximum atomic E-state index is 11.3. The van der Waals surface area contributed by atoms with Gasteiger partial charge in [-0.2, -0.15) is 0 Å². The summed E-state index contributed by atoms with van der Waals surface area (Å²) in [6.07, 6.45) is 0. The smallest absolute Gasteiger partial charge is 0.295 e. The van der Waals surface area contributed by atoms with Crippen molar-refractivity contribution in [2.24, 2.45) is 0 Å². The Bertz CT molecular complexity index is 771. The van der Waals surface area contributed by atoms with Crippen molar-refractivity contribution in [1.29, 1.82) is 0 Å². The molecule has 2 heterocycles. The van der Waals surface area contributed by atoms with Gasteiger partial charge >= 0.3 is 0 Å². The van der Waals surface area contributed by atoms with Gasteiger partial charge in [-0.15, -0.1) is 0 Å². The first kappa shape index (κ1) is 17.6. The highest BCUT2D eigenvalue weighted by molar-refractivity contribution is 5.96. The summed E-state index contributed by atoms with van der Waals surface area (Å²) >= 11 is 0. The number of piperazine rings is 1. The molecule has 0 bridgehead atoms. The number of anilines is 1. The minimum absolute atomic E-state index is 0.0522. The van der Waals surface area contributed by atoms with Crippen molar-refractivity contribution in [3.05, 3.63) is 40.1 Å². The van der Waals surface area contributed by atoms with Crippen LogP contribution < -0.4 is 5.32 Å². The van der Waals surface area contributed by atoms with E-state index in [4.69, 9.17) is 0 Å². The number of hydrogen-bond acceptors (Lipinski definition) is 6. The van der Waals surface area contributed by atoms with E-state index in [9.17, 15) is 10.1 Å². The molecule has 0 aliphatic carbocycles. The lowest BCUT2D eigenvalue weighted by Gasteiger charge is -2.36. The summed E-state index contributed by atoms with van der Waals surface area (Å²) in [7, 11) is 2.15. The fourth-order valence-corrected chi connectivity index (χ4v) is 3.30. The Morgan fingerprint density at radius 3 is 2.72 bits per heavy atom. The number of nitrogens with zero attached hydrogens (tertiary/aromatic N) is 4. The number of nitro benzene ring substituents is 1. The van der Waals surface area contributed by atoms with Crippen LogP contribution in [-0.2, 0) is 0 Å². The number of rotatable bonds is 5. The second-order valence-electron chi connectivity index (χ2n) is 6.81. The molecule has 134 valence electrons. The SMILES string of the molecule is Cc1cc(NC[C@H](C)N2CCN(C)CC2)c2cccc([N+](=O)[O-])c2n1. The number of para-hydroxylation sites is 1. The summed E-state index contributed by atoms with van der Waals surface area (Å²) in [5.74, 6) is 0. The van der Waals surface area contributed by atoms with Crippen LogP contribution in [0.5, 0.6) is 0 Å². The van der Waals surface area contributed by atoms with Crippen LogP contribution in [-0.4, -0.2) is 65.5 Å². The molecule has 1 aromatic carbocycles. The number of pyridine rings is 1. The van der Waals surface area contributed by atoms with Crippen molar-refractivity contribution < 1.29 is 4.92 Å². The Labute approximate surface area is 147 Å². The lowest BCUT2D eigenvalue weighted by atomic mass is 10.1. The number of likely N-dealkylation sites (N-methyl/N-ethyl adjacent to an activating group) is 1. The maximum absolute atomic E-state index is 11.3. The van der Waals surface area contributed by atoms with Crippen LogP contribution in [0, 0.1) is 17.0 Å². The molecule has 0 saturated carbocycles. The number of non-ortho nitro benzene ring substituents is 1. The predicted molar refractivity (Wildman–Crippen MR) is 100 cm³/mol. The lowest BCUT2D eigenvalue weighted by molar-refractivity contribution is -0.383. The average molecular weight is 343 g/mol. The van der Waals surface area contributed by atoms with Crippen molar-refractivity contribution in [2.45, 2.75) is 19.9 Å². The highest BCUT2D eigenvalue weighted by Gasteiger charge is 2.20. The Balaban J connectivity index is 1.79. The molecule has 1 fully saturated rings. The van der Waals surface area contributed by atoms with Crippen LogP contribution in [0.3, 0.4) is 0 Å². The van der Waals surface area contributed by atoms with Crippen LogP contribution in [0.1, 0.15) is 12.6 Å². The number of nitro groups is 1. The number of hydrogen-bond donors (Lipinski definition) is 1. The Hall–Kier alpha value is -2.25. The largest absolute Gasteiger partial charge is 0.383 e. The average Bonchev–Trinajstić information content (AvgIpc) is 2.59. The van der Waals surface area contributed by atoms with Crippen LogP contribution >= 0.6 is 0 Å². The Kier molecular flexibility index (Phi) is 5.15. The van der Waals surface area contributed by atoms with Crippen LogP contribution in [0.2, 0.25) is 0 Å². The van der Waals surface area contributed by atoms with Crippen molar-refractivity contribution in [2.75, 3.05) is 45.1 Å². The van der Waals surface area contributed by atoms with Gasteiger partial charge in [-0.25, -0.2) is 4.98 Å². The van der Waals surface area contributed by atoms with E-state index in [0.29, 0.717) is 11.6 Å². The molecule has 0 unspecified atom stereocenters. The Morgan fingerprint density at radius 2 is 2.04 bits per heavy atom. The van der Waals surface area contributed by atoms with Crippen molar-refractivity contribution in [1.82, 2.24) is 14.8 Å². The van der Waals surface area contributed by atoms with Crippen molar-refractivity contribution >= 4 is 22.3 Å². The summed E-state index contributed by atoms with van der Waals surface area (Å²) < 4.78 is 0. The van der Waals surface area contributed by atoms with E-state index in [0.717, 1.165) is 49.5 Å². The number of aromatic nitrogens is 1. The minimum atomic E-state index is -0.370. The molecule has 25 heavy (non-hydrogen) atoms. The quantitative estimate of drug-likeness (QED) is 0.664. The zero-order valence-electron chi connectivity index (χ0n) is 15.0. The summed E-state index contributed by atoms with van der Waals surface area (Å²) in [4.78, 5) is 20.1. The zero-order chi connectivity index (χ0) is 18.0. The summed E-state index contributed by atoms with van der Waals surface area (Å²) in [6, 6.07) is 7.47. The van der Waals surface area contributed by atoms with Crippen LogP contribution in [0.15, 0.2) is 24.3 Å². The van der Waals surface area contributed by atoms with Crippen molar-refractivity contribution in [3.8, 4) is 0 Å². The monoisotopic (exact) mass is 343 g/mol. The zero-order valence-corrected chi connectivity index (χ0v) is 15.0. The van der Waals surface area contributed by atoms with Gasteiger partial charge < -0.3 is 10.2 Å². The molecule has 3 rings (SSSR count). The third kappa shape index (κ3) is 3.88. The molecule has 1 atom stereocenters. The fourth-order valence-electron chi connectivity index (χ4n) is 3.30. The normalized spacial score (nSPS) is 17.6. The van der Waals surface area contributed by atoms with Gasteiger partial charge in [0, 0.05) is 61.6 Å². The van der Waals surface area contributed by atoms with Crippen molar-refractivity contribution in [3.63, 3.8) is 0 Å². The number of aryl methyl sites for hydroxylation is 1. The third-order valence-corrected chi connectivity index (χ3v) is 4.89. The van der Waals surface area contributed by atoms with Crippen LogP contribution in [0.25, 0.3) is 10.9 Å². The standard InChI is InChI=1S/C18H25N5O2/c1-13-11-16(15-5-4-6-17(23(24)25)18(15)20-13)19-12-14(2)22-9-7-21(3)8-10-22/h4-6,11,14H,7-10,12H2,1-3H3,(H,19,20)/t14-/m0/s1. The first-order valence-corrected chi connectivity index (χ1v) is 8.67. The summed E-state index contributed by atoms with van der Waals surface area (Å²) in [6.45, 7) is 9.21. The van der Waals surface area contributed by atoms with Gasteiger partial charge in [0.1, 0.15) is 0 Å². The highest BCUT2D eigenvalue weighted by atomic mass is 16.6. The topological polar surface area (TPSA) is 74.5 Å². The van der Waals surface area contributed by atoms with E-state index < -0.39 is 0 Å². The van der Waals surface area contributed by atoms with E-state index >= 15 is 0 Å². The summed E-state index contributed by atoms with van der Waals surface area (Å²) in [5, 5.41) is 15.6. The molecular weight excluding hydrogens is 318 g/mol. The number of fused-ring (bicyclic) bond motifs is 1. The third-order valence-electron chi connectivity index (χ3n) is 4.89. The minimum Gasteiger partial charge on any atom is -0.383 e. The second kappa shape index (κ2) is 7.33. The molecule has 1 aromatic heterocycles. The molecule has 1 saturated heterocycles. The molecule has 0 amide bonds. The fraction of sp³-hybridized carbons (Fsp3) is 0.500. The molecule has 0 spiro atoms. The molecule has 1 aliphatic heterocycles. The van der Waals surface area contributed by atoms with E-state index in [1.807, 2.05) is 19.1 Å². The van der Waals surface area contributed by atoms with Gasteiger partial charge in [0.05, 0.1) is 4.92 Å². The second-order valence-corrected chi connectivity index (χ2v) is 6.81. The molecule has 0 radical (unpaired) electrons. The van der Waals surface area contributed by atoms with E-state index in [1.165, 1.54) is 6.07 Å². The van der Waals surface area contributed by atoms with E-state index in [1.54, 1.807) is 6.07 Å². The van der Waals surface area contributed by atoms with Gasteiger partial charge in [0.25, 0.3) is 5.69 Å². The predicted octanol–water partition coefficient (Wildman–Crippen LogP) is 2.50. The molecule has 1 aliphatic rings. The van der Waals surface area contributed by atoms with Gasteiger partial charge in [0.2, 0.25) is 0 Å². The molecular formula is C18H25N5O2. The lowest BCUT2D eigenvalue weighted by Crippen LogP contribution is -2.49. The highest BCUT2D eigenvalue weighted by Crippen LogP contribution is 2.29. The van der Waals surface area contributed by atoms with Gasteiger partial charge in [-0.05, 0) is 27.0 Å². The first-order valence-electron chi connectivity index (χ1n) is 8.67. The number of benzene rings is 1. The maximum Gasteiger partial charge on any atom is 0.295 e. The van der Waals surface area contributed by atoms with Crippen LogP contribution in [0.4, 0.5) is 11.4 Å². The van der Waals surface area contributed by atoms with Gasteiger partial charge in [-0.1, -0.05) is 12.1 Å². The first-order chi connectivity index (χ1) is 12.0. The molecule has 7 nitrogen and oxygen atoms in total. The van der Waals surface area contributed by atoms with E-state index in [-0.39, 0.29) is 10.6 Å². The van der Waals surface area contributed by atoms with Gasteiger partial charge in [-0.3, -0.25) is 15.0 Å². The summed E-state index contributed by atoms with van der Waals surface area (Å²) in [5.41, 5.74) is 2.18. The van der Waals surface area contributed by atoms with E-state index in [2.05, 4.69) is 34.1 Å². The number of nitrogens with one attached hydrogen (secondary N) is 1. The molecule has 2 aromatic rings. The Morgan fingerprint density at radius 1 is 1.32 bits per heavy atom. The molecule has 7 heteroatoms. The molecule has 1 N–H and O–H groups in total.